The predicted molar refractivity (Wildman–Crippen MR) is 69.8 cm³/mol. The summed E-state index contributed by atoms with van der Waals surface area (Å²) >= 11 is 0. The van der Waals surface area contributed by atoms with Gasteiger partial charge in [0.05, 0.1) is 17.0 Å². The van der Waals surface area contributed by atoms with Gasteiger partial charge < -0.3 is 14.6 Å². The number of carboxylic acid groups (broad SMARTS) is 1. The molecule has 106 valence electrons. The van der Waals surface area contributed by atoms with Gasteiger partial charge in [0.15, 0.2) is 15.5 Å². The maximum absolute atomic E-state index is 11.6. The Morgan fingerprint density at radius 3 is 2.80 bits per heavy atom. The zero-order chi connectivity index (χ0) is 14.5. The van der Waals surface area contributed by atoms with Gasteiger partial charge in [-0.2, -0.15) is 0 Å². The molecule has 1 fully saturated rings. The number of rotatable bonds is 2. The lowest BCUT2D eigenvalue weighted by atomic mass is 10.1. The number of fused-ring (bicyclic) bond motifs is 1. The highest BCUT2D eigenvalue weighted by Crippen LogP contribution is 2.30. The van der Waals surface area contributed by atoms with Gasteiger partial charge in [0.2, 0.25) is 0 Å². The summed E-state index contributed by atoms with van der Waals surface area (Å²) in [6, 6.07) is 2.72. The van der Waals surface area contributed by atoms with Gasteiger partial charge >= 0.3 is 5.97 Å². The Labute approximate surface area is 114 Å². The van der Waals surface area contributed by atoms with Crippen molar-refractivity contribution in [2.75, 3.05) is 11.5 Å². The van der Waals surface area contributed by atoms with Crippen LogP contribution in [0.2, 0.25) is 0 Å². The van der Waals surface area contributed by atoms with E-state index in [-0.39, 0.29) is 34.4 Å². The fraction of sp³-hybridized carbons (Fsp3) is 0.333. The quantitative estimate of drug-likeness (QED) is 0.841. The molecule has 7 nitrogen and oxygen atoms in total. The lowest BCUT2D eigenvalue weighted by molar-refractivity contribution is 0.0693. The molecule has 1 saturated heterocycles. The van der Waals surface area contributed by atoms with Crippen LogP contribution in [0.15, 0.2) is 18.3 Å². The Hall–Kier alpha value is -2.09. The molecule has 3 rings (SSSR count). The number of aromatic carboxylic acids is 1. The van der Waals surface area contributed by atoms with Crippen molar-refractivity contribution in [1.82, 2.24) is 9.38 Å². The average Bonchev–Trinajstić information content (AvgIpc) is 2.89. The van der Waals surface area contributed by atoms with Crippen LogP contribution in [-0.4, -0.2) is 45.5 Å². The summed E-state index contributed by atoms with van der Waals surface area (Å²) in [4.78, 5) is 15.3. The number of hydrogen-bond acceptors (Lipinski definition) is 5. The third-order valence-corrected chi connectivity index (χ3v) is 5.22. The standard InChI is InChI=1S/C12H12N2O5S/c15-8-1-3-14-9(5-8)10(12(16)17)13-11(14)7-2-4-20(18,19)6-7/h1,3,5,7,15H,2,4,6H2,(H,16,17). The Morgan fingerprint density at radius 2 is 2.20 bits per heavy atom. The van der Waals surface area contributed by atoms with Crippen molar-refractivity contribution < 1.29 is 23.4 Å². The van der Waals surface area contributed by atoms with Crippen LogP contribution in [0, 0.1) is 0 Å². The van der Waals surface area contributed by atoms with E-state index in [4.69, 9.17) is 5.11 Å². The first kappa shape index (κ1) is 12.9. The Morgan fingerprint density at radius 1 is 1.45 bits per heavy atom. The van der Waals surface area contributed by atoms with Gasteiger partial charge in [0.1, 0.15) is 11.6 Å². The summed E-state index contributed by atoms with van der Waals surface area (Å²) in [5, 5.41) is 18.6. The van der Waals surface area contributed by atoms with Gasteiger partial charge in [0, 0.05) is 18.2 Å². The minimum absolute atomic E-state index is 0.0218. The smallest absolute Gasteiger partial charge is 0.356 e. The van der Waals surface area contributed by atoms with Crippen LogP contribution in [0.25, 0.3) is 5.52 Å². The molecule has 1 atom stereocenters. The summed E-state index contributed by atoms with van der Waals surface area (Å²) < 4.78 is 24.6. The summed E-state index contributed by atoms with van der Waals surface area (Å²) in [7, 11) is -3.08. The van der Waals surface area contributed by atoms with E-state index >= 15 is 0 Å². The molecule has 8 heteroatoms. The SMILES string of the molecule is O=C(O)c1nc(C2CCS(=O)(=O)C2)n2ccc(O)cc12. The number of sulfone groups is 1. The molecule has 2 N–H and O–H groups in total. The van der Waals surface area contributed by atoms with Crippen LogP contribution in [0.3, 0.4) is 0 Å². The highest BCUT2D eigenvalue weighted by molar-refractivity contribution is 7.91. The van der Waals surface area contributed by atoms with Crippen LogP contribution in [0.1, 0.15) is 28.7 Å². The highest BCUT2D eigenvalue weighted by Gasteiger charge is 2.33. The number of carbonyl (C=O) groups is 1. The lowest BCUT2D eigenvalue weighted by Gasteiger charge is -2.06. The summed E-state index contributed by atoms with van der Waals surface area (Å²) in [6.07, 6.45) is 1.94. The molecule has 0 aliphatic carbocycles. The first-order valence-corrected chi connectivity index (χ1v) is 7.84. The van der Waals surface area contributed by atoms with Crippen molar-refractivity contribution >= 4 is 21.3 Å². The second-order valence-electron chi connectivity index (χ2n) is 4.86. The Bertz CT molecular complexity index is 809. The van der Waals surface area contributed by atoms with Gasteiger partial charge in [-0.05, 0) is 12.5 Å². The van der Waals surface area contributed by atoms with Crippen molar-refractivity contribution in [2.24, 2.45) is 0 Å². The average molecular weight is 296 g/mol. The van der Waals surface area contributed by atoms with Gasteiger partial charge in [-0.1, -0.05) is 0 Å². The lowest BCUT2D eigenvalue weighted by Crippen LogP contribution is -2.07. The third-order valence-electron chi connectivity index (χ3n) is 3.45. The molecular weight excluding hydrogens is 284 g/mol. The molecule has 1 unspecified atom stereocenters. The molecule has 0 amide bonds. The predicted octanol–water partition coefficient (Wildman–Crippen LogP) is 0.640. The van der Waals surface area contributed by atoms with Gasteiger partial charge in [-0.15, -0.1) is 0 Å². The molecular formula is C12H12N2O5S. The molecule has 1 aliphatic heterocycles. The van der Waals surface area contributed by atoms with Crippen molar-refractivity contribution in [3.05, 3.63) is 29.8 Å². The van der Waals surface area contributed by atoms with Crippen molar-refractivity contribution in [2.45, 2.75) is 12.3 Å². The molecule has 0 radical (unpaired) electrons. The topological polar surface area (TPSA) is 109 Å². The third kappa shape index (κ3) is 2.01. The molecule has 0 aromatic carbocycles. The van der Waals surface area contributed by atoms with E-state index in [1.807, 2.05) is 0 Å². The van der Waals surface area contributed by atoms with Gasteiger partial charge in [-0.3, -0.25) is 0 Å². The number of nitrogens with zero attached hydrogens (tertiary/aromatic N) is 2. The van der Waals surface area contributed by atoms with E-state index in [9.17, 15) is 18.3 Å². The molecule has 0 bridgehead atoms. The monoisotopic (exact) mass is 296 g/mol. The first-order valence-electron chi connectivity index (χ1n) is 6.02. The summed E-state index contributed by atoms with van der Waals surface area (Å²) in [5.41, 5.74) is 0.0806. The highest BCUT2D eigenvalue weighted by atomic mass is 32.2. The second-order valence-corrected chi connectivity index (χ2v) is 7.09. The number of pyridine rings is 1. The van der Waals surface area contributed by atoms with Gasteiger partial charge in [0.25, 0.3) is 0 Å². The van der Waals surface area contributed by atoms with E-state index in [1.54, 1.807) is 0 Å². The molecule has 2 aromatic rings. The number of aromatic nitrogens is 2. The first-order chi connectivity index (χ1) is 9.37. The molecule has 2 aromatic heterocycles. The van der Waals surface area contributed by atoms with Crippen LogP contribution < -0.4 is 0 Å². The molecule has 0 saturated carbocycles. The van der Waals surface area contributed by atoms with E-state index in [2.05, 4.69) is 4.98 Å². The second kappa shape index (κ2) is 4.20. The summed E-state index contributed by atoms with van der Waals surface area (Å²) in [6.45, 7) is 0. The van der Waals surface area contributed by atoms with E-state index in [0.29, 0.717) is 12.2 Å². The van der Waals surface area contributed by atoms with E-state index in [1.165, 1.54) is 22.7 Å². The number of carboxylic acids is 1. The van der Waals surface area contributed by atoms with Crippen LogP contribution in [0.4, 0.5) is 0 Å². The number of aromatic hydroxyl groups is 1. The summed E-state index contributed by atoms with van der Waals surface area (Å²) in [5.74, 6) is -1.10. The fourth-order valence-corrected chi connectivity index (χ4v) is 4.28. The normalized spacial score (nSPS) is 21.3. The maximum atomic E-state index is 11.6. The number of imidazole rings is 1. The molecule has 20 heavy (non-hydrogen) atoms. The fourth-order valence-electron chi connectivity index (χ4n) is 2.54. The number of hydrogen-bond donors (Lipinski definition) is 2. The molecule has 0 spiro atoms. The van der Waals surface area contributed by atoms with Gasteiger partial charge in [-0.25, -0.2) is 18.2 Å². The molecule has 3 heterocycles. The van der Waals surface area contributed by atoms with Crippen molar-refractivity contribution in [3.8, 4) is 5.75 Å². The zero-order valence-corrected chi connectivity index (χ0v) is 11.2. The Balaban J connectivity index is 2.19. The largest absolute Gasteiger partial charge is 0.508 e. The van der Waals surface area contributed by atoms with E-state index < -0.39 is 15.8 Å². The Kier molecular flexibility index (Phi) is 2.72. The van der Waals surface area contributed by atoms with Crippen LogP contribution >= 0.6 is 0 Å². The van der Waals surface area contributed by atoms with Crippen molar-refractivity contribution in [3.63, 3.8) is 0 Å². The van der Waals surface area contributed by atoms with E-state index in [0.717, 1.165) is 0 Å². The van der Waals surface area contributed by atoms with Crippen LogP contribution in [0.5, 0.6) is 5.75 Å². The van der Waals surface area contributed by atoms with Crippen LogP contribution in [-0.2, 0) is 9.84 Å². The minimum atomic E-state index is -3.08. The minimum Gasteiger partial charge on any atom is -0.508 e. The molecule has 1 aliphatic rings. The van der Waals surface area contributed by atoms with Crippen molar-refractivity contribution in [1.29, 1.82) is 0 Å². The zero-order valence-electron chi connectivity index (χ0n) is 10.4. The maximum Gasteiger partial charge on any atom is 0.356 e.